The molecule has 20 heavy (non-hydrogen) atoms. The topological polar surface area (TPSA) is 63.6 Å². The molecule has 0 heterocycles. The van der Waals surface area contributed by atoms with Crippen molar-refractivity contribution in [3.05, 3.63) is 52.6 Å². The second kappa shape index (κ2) is 7.50. The third-order valence-corrected chi connectivity index (χ3v) is 2.69. The summed E-state index contributed by atoms with van der Waals surface area (Å²) in [7, 11) is 0. The molecular formula is C15H15ClO4. The van der Waals surface area contributed by atoms with Gasteiger partial charge in [-0.15, -0.1) is 0 Å². The van der Waals surface area contributed by atoms with E-state index in [1.807, 2.05) is 0 Å². The maximum Gasteiger partial charge on any atom is 0.333 e. The van der Waals surface area contributed by atoms with Crippen LogP contribution in [0, 0.1) is 0 Å². The molecule has 0 radical (unpaired) electrons. The van der Waals surface area contributed by atoms with Crippen LogP contribution in [0.4, 0.5) is 0 Å². The van der Waals surface area contributed by atoms with Crippen LogP contribution >= 0.6 is 11.6 Å². The molecule has 106 valence electrons. The van der Waals surface area contributed by atoms with Gasteiger partial charge in [0.05, 0.1) is 6.61 Å². The molecule has 0 unspecified atom stereocenters. The molecule has 0 atom stereocenters. The van der Waals surface area contributed by atoms with Crippen molar-refractivity contribution in [2.24, 2.45) is 0 Å². The fraction of sp³-hybridized carbons (Fsp3) is 0.200. The minimum Gasteiger partial charge on any atom is -0.478 e. The van der Waals surface area contributed by atoms with Crippen LogP contribution in [0.15, 0.2) is 42.0 Å². The van der Waals surface area contributed by atoms with E-state index in [0.717, 1.165) is 5.56 Å². The van der Waals surface area contributed by atoms with Crippen molar-refractivity contribution in [3.63, 3.8) is 0 Å². The molecule has 0 bridgehead atoms. The van der Waals surface area contributed by atoms with Gasteiger partial charge in [0.25, 0.3) is 0 Å². The minimum atomic E-state index is -1.05. The van der Waals surface area contributed by atoms with E-state index in [2.05, 4.69) is 6.58 Å². The molecule has 0 amide bonds. The van der Waals surface area contributed by atoms with E-state index >= 15 is 0 Å². The molecule has 0 aromatic heterocycles. The van der Waals surface area contributed by atoms with E-state index in [-0.39, 0.29) is 24.2 Å². The Hall–Kier alpha value is -2.07. The van der Waals surface area contributed by atoms with Gasteiger partial charge in [0, 0.05) is 22.6 Å². The predicted octanol–water partition coefficient (Wildman–Crippen LogP) is 3.32. The highest BCUT2D eigenvalue weighted by molar-refractivity contribution is 6.30. The lowest BCUT2D eigenvalue weighted by Gasteiger charge is -2.05. The number of carbonyl (C=O) groups excluding carboxylic acids is 1. The smallest absolute Gasteiger partial charge is 0.333 e. The fourth-order valence-electron chi connectivity index (χ4n) is 1.38. The first-order valence-corrected chi connectivity index (χ1v) is 6.30. The number of carboxylic acids is 1. The van der Waals surface area contributed by atoms with Crippen molar-refractivity contribution in [2.75, 3.05) is 6.61 Å². The van der Waals surface area contributed by atoms with Crippen molar-refractivity contribution in [3.8, 4) is 0 Å². The van der Waals surface area contributed by atoms with E-state index in [1.54, 1.807) is 24.3 Å². The van der Waals surface area contributed by atoms with E-state index in [1.165, 1.54) is 13.0 Å². The summed E-state index contributed by atoms with van der Waals surface area (Å²) in [6, 6.07) is 6.78. The van der Waals surface area contributed by atoms with Crippen LogP contribution in [-0.2, 0) is 14.3 Å². The Kier molecular flexibility index (Phi) is 6.00. The Morgan fingerprint density at radius 3 is 2.45 bits per heavy atom. The molecular weight excluding hydrogens is 280 g/mol. The number of benzene rings is 1. The van der Waals surface area contributed by atoms with Crippen LogP contribution in [0.25, 0.3) is 6.08 Å². The van der Waals surface area contributed by atoms with Crippen LogP contribution in [0.1, 0.15) is 18.9 Å². The zero-order valence-electron chi connectivity index (χ0n) is 11.1. The molecule has 1 aromatic carbocycles. The lowest BCUT2D eigenvalue weighted by Crippen LogP contribution is -2.09. The lowest BCUT2D eigenvalue weighted by atomic mass is 10.1. The largest absolute Gasteiger partial charge is 0.478 e. The summed E-state index contributed by atoms with van der Waals surface area (Å²) in [6.07, 6.45) is 1.64. The normalized spacial score (nSPS) is 11.0. The van der Waals surface area contributed by atoms with Crippen LogP contribution in [0.3, 0.4) is 0 Å². The first-order valence-electron chi connectivity index (χ1n) is 5.92. The number of rotatable bonds is 6. The van der Waals surface area contributed by atoms with Gasteiger partial charge in [-0.05, 0) is 30.7 Å². The molecule has 1 N–H and O–H groups in total. The quantitative estimate of drug-likeness (QED) is 0.646. The lowest BCUT2D eigenvalue weighted by molar-refractivity contribution is -0.139. The SMILES string of the molecule is C=C(C)C(=O)OCC/C(=C\c1ccc(Cl)cc1)C(=O)O. The van der Waals surface area contributed by atoms with Gasteiger partial charge < -0.3 is 9.84 Å². The summed E-state index contributed by atoms with van der Waals surface area (Å²) in [5.74, 6) is -1.58. The zero-order chi connectivity index (χ0) is 15.1. The van der Waals surface area contributed by atoms with Crippen LogP contribution < -0.4 is 0 Å². The standard InChI is InChI=1S/C15H15ClO4/c1-10(2)15(19)20-8-7-12(14(17)18)9-11-3-5-13(16)6-4-11/h3-6,9H,1,7-8H2,2H3,(H,17,18)/b12-9+. The highest BCUT2D eigenvalue weighted by atomic mass is 35.5. The number of aliphatic carboxylic acids is 1. The van der Waals surface area contributed by atoms with E-state index in [9.17, 15) is 9.59 Å². The first kappa shape index (κ1) is 16.0. The Morgan fingerprint density at radius 2 is 1.95 bits per heavy atom. The Bertz CT molecular complexity index is 543. The second-order valence-corrected chi connectivity index (χ2v) is 4.63. The molecule has 0 aliphatic heterocycles. The summed E-state index contributed by atoms with van der Waals surface area (Å²) < 4.78 is 4.88. The third-order valence-electron chi connectivity index (χ3n) is 2.44. The average molecular weight is 295 g/mol. The second-order valence-electron chi connectivity index (χ2n) is 4.19. The van der Waals surface area contributed by atoms with Gasteiger partial charge >= 0.3 is 11.9 Å². The van der Waals surface area contributed by atoms with Gasteiger partial charge in [-0.2, -0.15) is 0 Å². The Labute approximate surface area is 122 Å². The highest BCUT2D eigenvalue weighted by Gasteiger charge is 2.09. The van der Waals surface area contributed by atoms with E-state index in [0.29, 0.717) is 5.02 Å². The summed E-state index contributed by atoms with van der Waals surface area (Å²) in [6.45, 7) is 4.98. The maximum atomic E-state index is 11.2. The van der Waals surface area contributed by atoms with Crippen LogP contribution in [0.2, 0.25) is 5.02 Å². The van der Waals surface area contributed by atoms with Gasteiger partial charge in [0.15, 0.2) is 0 Å². The highest BCUT2D eigenvalue weighted by Crippen LogP contribution is 2.14. The molecule has 0 spiro atoms. The van der Waals surface area contributed by atoms with Crippen LogP contribution in [0.5, 0.6) is 0 Å². The summed E-state index contributed by atoms with van der Waals surface area (Å²) in [4.78, 5) is 22.3. The fourth-order valence-corrected chi connectivity index (χ4v) is 1.50. The van der Waals surface area contributed by atoms with Crippen molar-refractivity contribution in [1.29, 1.82) is 0 Å². The number of halogens is 1. The van der Waals surface area contributed by atoms with Crippen molar-refractivity contribution >= 4 is 29.6 Å². The number of hydrogen-bond acceptors (Lipinski definition) is 3. The van der Waals surface area contributed by atoms with Crippen molar-refractivity contribution in [2.45, 2.75) is 13.3 Å². The number of ether oxygens (including phenoxy) is 1. The number of carbonyl (C=O) groups is 2. The average Bonchev–Trinajstić information content (AvgIpc) is 2.39. The molecule has 0 fully saturated rings. The number of hydrogen-bond donors (Lipinski definition) is 1. The Morgan fingerprint density at radius 1 is 1.35 bits per heavy atom. The van der Waals surface area contributed by atoms with Gasteiger partial charge in [-0.1, -0.05) is 30.3 Å². The van der Waals surface area contributed by atoms with E-state index < -0.39 is 11.9 Å². The van der Waals surface area contributed by atoms with Gasteiger partial charge in [-0.25, -0.2) is 9.59 Å². The summed E-state index contributed by atoms with van der Waals surface area (Å²) >= 11 is 5.76. The molecule has 0 aliphatic rings. The molecule has 5 heteroatoms. The van der Waals surface area contributed by atoms with Gasteiger partial charge in [0.2, 0.25) is 0 Å². The molecule has 4 nitrogen and oxygen atoms in total. The predicted molar refractivity (Wildman–Crippen MR) is 77.5 cm³/mol. The van der Waals surface area contributed by atoms with Crippen molar-refractivity contribution < 1.29 is 19.4 Å². The number of carboxylic acid groups (broad SMARTS) is 1. The van der Waals surface area contributed by atoms with Gasteiger partial charge in [-0.3, -0.25) is 0 Å². The molecule has 0 saturated heterocycles. The third kappa shape index (κ3) is 5.28. The zero-order valence-corrected chi connectivity index (χ0v) is 11.8. The maximum absolute atomic E-state index is 11.2. The Balaban J connectivity index is 2.70. The molecule has 1 aromatic rings. The van der Waals surface area contributed by atoms with Gasteiger partial charge in [0.1, 0.15) is 0 Å². The number of esters is 1. The molecule has 1 rings (SSSR count). The van der Waals surface area contributed by atoms with Crippen LogP contribution in [-0.4, -0.2) is 23.7 Å². The first-order chi connectivity index (χ1) is 9.40. The monoisotopic (exact) mass is 294 g/mol. The van der Waals surface area contributed by atoms with Crippen molar-refractivity contribution in [1.82, 2.24) is 0 Å². The van der Waals surface area contributed by atoms with E-state index in [4.69, 9.17) is 21.4 Å². The summed E-state index contributed by atoms with van der Waals surface area (Å²) in [5.41, 5.74) is 1.16. The minimum absolute atomic E-state index is 0.00256. The molecule has 0 aliphatic carbocycles. The molecule has 0 saturated carbocycles. The summed E-state index contributed by atoms with van der Waals surface area (Å²) in [5, 5.41) is 9.69.